The van der Waals surface area contributed by atoms with E-state index in [9.17, 15) is 4.79 Å². The third-order valence-electron chi connectivity index (χ3n) is 6.02. The number of rotatable bonds is 3. The van der Waals surface area contributed by atoms with E-state index in [0.717, 1.165) is 11.1 Å². The number of aromatic amines is 1. The summed E-state index contributed by atoms with van der Waals surface area (Å²) in [5.74, 6) is 1.07. The first-order valence-electron chi connectivity index (χ1n) is 10.7. The molecule has 1 aliphatic heterocycles. The molecule has 1 aliphatic carbocycles. The van der Waals surface area contributed by atoms with Gasteiger partial charge in [0.25, 0.3) is 5.56 Å². The number of halogens is 2. The lowest BCUT2D eigenvalue weighted by molar-refractivity contribution is 0.379. The maximum absolute atomic E-state index is 13.2. The fourth-order valence-corrected chi connectivity index (χ4v) is 4.75. The zero-order chi connectivity index (χ0) is 24.0. The molecule has 0 saturated heterocycles. The first-order valence-corrected chi connectivity index (χ1v) is 11.5. The Hall–Kier alpha value is -3.55. The number of H-pyrrole nitrogens is 1. The van der Waals surface area contributed by atoms with Crippen molar-refractivity contribution in [2.45, 2.75) is 19.0 Å². The van der Waals surface area contributed by atoms with Gasteiger partial charge >= 0.3 is 0 Å². The van der Waals surface area contributed by atoms with Crippen LogP contribution in [-0.2, 0) is 0 Å². The Morgan fingerprint density at radius 1 is 1.18 bits per heavy atom. The van der Waals surface area contributed by atoms with E-state index < -0.39 is 0 Å². The molecule has 2 atom stereocenters. The van der Waals surface area contributed by atoms with Crippen LogP contribution in [0.25, 0.3) is 17.7 Å². The predicted octanol–water partition coefficient (Wildman–Crippen LogP) is 5.07. The molecule has 34 heavy (non-hydrogen) atoms. The molecule has 172 valence electrons. The molecular formula is C25H22Cl2N6O. The summed E-state index contributed by atoms with van der Waals surface area (Å²) < 4.78 is 0. The molecule has 2 aliphatic rings. The molecule has 0 radical (unpaired) electrons. The summed E-state index contributed by atoms with van der Waals surface area (Å²) in [6.07, 6.45) is 5.72. The number of hydrogen-bond acceptors (Lipinski definition) is 6. The van der Waals surface area contributed by atoms with Crippen molar-refractivity contribution < 1.29 is 0 Å². The van der Waals surface area contributed by atoms with E-state index in [1.165, 1.54) is 0 Å². The van der Waals surface area contributed by atoms with Gasteiger partial charge in [-0.2, -0.15) is 0 Å². The van der Waals surface area contributed by atoms with Crippen molar-refractivity contribution in [3.8, 4) is 0 Å². The highest BCUT2D eigenvalue weighted by Gasteiger charge is 2.39. The van der Waals surface area contributed by atoms with Gasteiger partial charge in [0.15, 0.2) is 5.96 Å². The number of likely N-dealkylation sites (N-methyl/N-ethyl adjacent to an activating group) is 1. The number of nitrogens with one attached hydrogen (secondary N) is 2. The number of benzene rings is 2. The SMILES string of the molecule is C/C(=C\c1ccccc1N)c1nc2c(c(=O)[nH]1)C1C(C=C2)N=C(Nc2c(Cl)cccc2Cl)N1C. The predicted molar refractivity (Wildman–Crippen MR) is 140 cm³/mol. The van der Waals surface area contributed by atoms with Gasteiger partial charge in [-0.1, -0.05) is 53.5 Å². The van der Waals surface area contributed by atoms with Crippen LogP contribution in [0.1, 0.15) is 35.6 Å². The average Bonchev–Trinajstić information content (AvgIpc) is 3.13. The van der Waals surface area contributed by atoms with Crippen LogP contribution in [0.5, 0.6) is 0 Å². The van der Waals surface area contributed by atoms with E-state index >= 15 is 0 Å². The molecule has 7 nitrogen and oxygen atoms in total. The molecule has 4 N–H and O–H groups in total. The molecule has 1 aromatic heterocycles. The number of guanidine groups is 1. The minimum Gasteiger partial charge on any atom is -0.398 e. The molecule has 0 spiro atoms. The zero-order valence-electron chi connectivity index (χ0n) is 18.5. The lowest BCUT2D eigenvalue weighted by atomic mass is 9.93. The van der Waals surface area contributed by atoms with Gasteiger partial charge < -0.3 is 20.9 Å². The van der Waals surface area contributed by atoms with Crippen LogP contribution in [-0.4, -0.2) is 33.9 Å². The number of nitrogens with zero attached hydrogens (tertiary/aromatic N) is 3. The summed E-state index contributed by atoms with van der Waals surface area (Å²) in [5, 5.41) is 4.19. The Labute approximate surface area is 206 Å². The third-order valence-corrected chi connectivity index (χ3v) is 6.65. The van der Waals surface area contributed by atoms with E-state index in [1.807, 2.05) is 61.4 Å². The van der Waals surface area contributed by atoms with Crippen molar-refractivity contribution in [3.05, 3.63) is 91.6 Å². The van der Waals surface area contributed by atoms with Crippen molar-refractivity contribution in [2.75, 3.05) is 18.1 Å². The van der Waals surface area contributed by atoms with Gasteiger partial charge in [0.05, 0.1) is 39.1 Å². The van der Waals surface area contributed by atoms with Crippen LogP contribution in [0.4, 0.5) is 11.4 Å². The number of para-hydroxylation sites is 2. The van der Waals surface area contributed by atoms with Crippen LogP contribution in [0.3, 0.4) is 0 Å². The Balaban J connectivity index is 1.47. The third kappa shape index (κ3) is 3.87. The molecule has 0 amide bonds. The lowest BCUT2D eigenvalue weighted by Gasteiger charge is -2.28. The summed E-state index contributed by atoms with van der Waals surface area (Å²) in [7, 11) is 1.88. The molecule has 0 saturated carbocycles. The van der Waals surface area contributed by atoms with Crippen molar-refractivity contribution >= 4 is 58.3 Å². The Morgan fingerprint density at radius 3 is 2.65 bits per heavy atom. The molecule has 0 bridgehead atoms. The van der Waals surface area contributed by atoms with Gasteiger partial charge in [0.1, 0.15) is 5.82 Å². The van der Waals surface area contributed by atoms with Crippen molar-refractivity contribution in [1.29, 1.82) is 0 Å². The monoisotopic (exact) mass is 492 g/mol. The normalized spacial score (nSPS) is 19.0. The Morgan fingerprint density at radius 2 is 1.91 bits per heavy atom. The van der Waals surface area contributed by atoms with Gasteiger partial charge in [0.2, 0.25) is 0 Å². The number of nitrogens with two attached hydrogens (primary N) is 1. The quantitative estimate of drug-likeness (QED) is 0.443. The van der Waals surface area contributed by atoms with Crippen molar-refractivity contribution in [1.82, 2.24) is 14.9 Å². The van der Waals surface area contributed by atoms with Crippen LogP contribution in [0.2, 0.25) is 10.0 Å². The highest BCUT2D eigenvalue weighted by Crippen LogP contribution is 2.37. The minimum absolute atomic E-state index is 0.202. The lowest BCUT2D eigenvalue weighted by Crippen LogP contribution is -2.38. The van der Waals surface area contributed by atoms with Gasteiger partial charge in [0, 0.05) is 12.7 Å². The number of anilines is 2. The van der Waals surface area contributed by atoms with Gasteiger partial charge in [-0.15, -0.1) is 0 Å². The first kappa shape index (κ1) is 22.3. The summed E-state index contributed by atoms with van der Waals surface area (Å²) in [4.78, 5) is 27.6. The smallest absolute Gasteiger partial charge is 0.257 e. The Kier molecular flexibility index (Phi) is 5.67. The van der Waals surface area contributed by atoms with Gasteiger partial charge in [-0.3, -0.25) is 4.79 Å². The van der Waals surface area contributed by atoms with Gasteiger partial charge in [-0.25, -0.2) is 9.98 Å². The van der Waals surface area contributed by atoms with Crippen molar-refractivity contribution in [3.63, 3.8) is 0 Å². The highest BCUT2D eigenvalue weighted by molar-refractivity contribution is 6.39. The standard InChI is InChI=1S/C25H22Cl2N6O/c1-13(12-14-6-3-4-9-17(14)28)23-29-18-10-11-19-22(20(18)24(34)32-23)33(2)25(30-19)31-21-15(26)7-5-8-16(21)27/h3-12,19,22H,28H2,1-2H3,(H,30,31)(H,29,32,34)/b13-12+. The average molecular weight is 493 g/mol. The summed E-state index contributed by atoms with van der Waals surface area (Å²) in [6.45, 7) is 1.90. The van der Waals surface area contributed by atoms with Crippen LogP contribution >= 0.6 is 23.2 Å². The number of allylic oxidation sites excluding steroid dienone is 1. The molecule has 0 fully saturated rings. The molecule has 3 aromatic rings. The highest BCUT2D eigenvalue weighted by atomic mass is 35.5. The number of nitrogen functional groups attached to an aromatic ring is 1. The number of aromatic nitrogens is 2. The summed E-state index contributed by atoms with van der Waals surface area (Å²) >= 11 is 12.6. The van der Waals surface area contributed by atoms with E-state index in [-0.39, 0.29) is 17.6 Å². The maximum Gasteiger partial charge on any atom is 0.257 e. The van der Waals surface area contributed by atoms with E-state index in [1.54, 1.807) is 18.2 Å². The Bertz CT molecular complexity index is 1420. The van der Waals surface area contributed by atoms with Crippen LogP contribution < -0.4 is 16.6 Å². The molecule has 2 aromatic carbocycles. The maximum atomic E-state index is 13.2. The number of hydrogen-bond donors (Lipinski definition) is 3. The molecule has 5 rings (SSSR count). The van der Waals surface area contributed by atoms with Crippen LogP contribution in [0.15, 0.2) is 58.3 Å². The van der Waals surface area contributed by atoms with E-state index in [2.05, 4.69) is 10.3 Å². The van der Waals surface area contributed by atoms with E-state index in [4.69, 9.17) is 38.9 Å². The number of fused-ring (bicyclic) bond motifs is 3. The van der Waals surface area contributed by atoms with Gasteiger partial charge in [-0.05, 0) is 48.4 Å². The molecular weight excluding hydrogens is 471 g/mol. The fraction of sp³-hybridized carbons (Fsp3) is 0.160. The number of aliphatic imine (C=N–C) groups is 1. The summed E-state index contributed by atoms with van der Waals surface area (Å²) in [6, 6.07) is 12.3. The summed E-state index contributed by atoms with van der Waals surface area (Å²) in [5.41, 5.74) is 9.95. The topological polar surface area (TPSA) is 99.4 Å². The fourth-order valence-electron chi connectivity index (χ4n) is 4.26. The van der Waals surface area contributed by atoms with Crippen LogP contribution in [0, 0.1) is 0 Å². The second-order valence-electron chi connectivity index (χ2n) is 8.25. The van der Waals surface area contributed by atoms with Crippen molar-refractivity contribution in [2.24, 2.45) is 4.99 Å². The molecule has 2 unspecified atom stereocenters. The molecule has 2 heterocycles. The first-order chi connectivity index (χ1) is 16.3. The zero-order valence-corrected chi connectivity index (χ0v) is 20.0. The minimum atomic E-state index is -0.303. The largest absolute Gasteiger partial charge is 0.398 e. The second-order valence-corrected chi connectivity index (χ2v) is 9.06. The second kappa shape index (κ2) is 8.66. The molecule has 9 heteroatoms. The van der Waals surface area contributed by atoms with E-state index in [0.29, 0.717) is 44.5 Å².